The fraction of sp³-hybridized carbons (Fsp3) is 1.00. The monoisotopic (exact) mass is 230 g/mol. The van der Waals surface area contributed by atoms with Gasteiger partial charge in [0.25, 0.3) is 0 Å². The molecule has 0 aromatic rings. The lowest BCUT2D eigenvalue weighted by atomic mass is 10.1. The van der Waals surface area contributed by atoms with Gasteiger partial charge in [0.1, 0.15) is 0 Å². The van der Waals surface area contributed by atoms with Crippen LogP contribution in [0.2, 0.25) is 0 Å². The zero-order valence-corrected chi connectivity index (χ0v) is 12.2. The van der Waals surface area contributed by atoms with Crippen LogP contribution in [0.4, 0.5) is 0 Å². The molecule has 0 bridgehead atoms. The van der Waals surface area contributed by atoms with Crippen molar-refractivity contribution in [2.45, 2.75) is 52.7 Å². The third kappa shape index (κ3) is 12.0. The molecule has 0 amide bonds. The normalized spacial score (nSPS) is 13.5. The maximum Gasteiger partial charge on any atom is 0.0600 e. The van der Waals surface area contributed by atoms with E-state index in [9.17, 15) is 0 Å². The molecule has 0 fully saturated rings. The number of nitrogens with zero attached hydrogens (tertiary/aromatic N) is 1. The second-order valence-corrected chi connectivity index (χ2v) is 6.44. The lowest BCUT2D eigenvalue weighted by Crippen LogP contribution is -2.41. The summed E-state index contributed by atoms with van der Waals surface area (Å²) in [6.07, 6.45) is 0. The molecule has 0 rings (SSSR count). The van der Waals surface area contributed by atoms with E-state index in [0.29, 0.717) is 0 Å². The van der Waals surface area contributed by atoms with E-state index in [4.69, 9.17) is 4.74 Å². The number of rotatable bonds is 6. The van der Waals surface area contributed by atoms with Crippen LogP contribution in [0.25, 0.3) is 0 Å². The number of likely N-dealkylation sites (N-methyl/N-ethyl adjacent to an activating group) is 1. The van der Waals surface area contributed by atoms with Crippen LogP contribution in [0.5, 0.6) is 0 Å². The van der Waals surface area contributed by atoms with Gasteiger partial charge >= 0.3 is 0 Å². The van der Waals surface area contributed by atoms with Crippen molar-refractivity contribution in [3.05, 3.63) is 0 Å². The van der Waals surface area contributed by atoms with Crippen LogP contribution < -0.4 is 5.32 Å². The van der Waals surface area contributed by atoms with E-state index in [2.05, 4.69) is 58.8 Å². The van der Waals surface area contributed by atoms with Gasteiger partial charge in [0.2, 0.25) is 0 Å². The first-order chi connectivity index (χ1) is 7.10. The molecule has 0 spiro atoms. The summed E-state index contributed by atoms with van der Waals surface area (Å²) in [6.45, 7) is 16.7. The first kappa shape index (κ1) is 15.9. The Morgan fingerprint density at radius 2 is 1.56 bits per heavy atom. The third-order valence-corrected chi connectivity index (χ3v) is 2.16. The van der Waals surface area contributed by atoms with Crippen molar-refractivity contribution < 1.29 is 4.74 Å². The second kappa shape index (κ2) is 6.58. The Kier molecular flexibility index (Phi) is 6.53. The molecular weight excluding hydrogens is 200 g/mol. The van der Waals surface area contributed by atoms with Crippen molar-refractivity contribution in [1.82, 2.24) is 10.2 Å². The molecule has 0 aromatic carbocycles. The molecule has 3 nitrogen and oxygen atoms in total. The summed E-state index contributed by atoms with van der Waals surface area (Å²) in [7, 11) is 2.14. The number of hydrogen-bond donors (Lipinski definition) is 1. The highest BCUT2D eigenvalue weighted by Gasteiger charge is 2.11. The quantitative estimate of drug-likeness (QED) is 0.756. The summed E-state index contributed by atoms with van der Waals surface area (Å²) in [5.74, 6) is 0. The second-order valence-electron chi connectivity index (χ2n) is 6.44. The molecule has 0 aromatic heterocycles. The Labute approximate surface area is 102 Å². The summed E-state index contributed by atoms with van der Waals surface area (Å²) < 4.78 is 5.69. The Balaban J connectivity index is 3.49. The molecular formula is C13H30N2O. The van der Waals surface area contributed by atoms with E-state index in [0.717, 1.165) is 26.2 Å². The zero-order chi connectivity index (χ0) is 12.8. The van der Waals surface area contributed by atoms with Crippen LogP contribution in [0.1, 0.15) is 41.5 Å². The standard InChI is InChI=1S/C13H30N2O/c1-12(2,3)14-8-9-15(7)10-11-16-13(4,5)6/h14H,8-11H2,1-7H3. The predicted molar refractivity (Wildman–Crippen MR) is 71.0 cm³/mol. The largest absolute Gasteiger partial charge is 0.375 e. The molecule has 0 aliphatic carbocycles. The van der Waals surface area contributed by atoms with Crippen LogP contribution >= 0.6 is 0 Å². The van der Waals surface area contributed by atoms with Gasteiger partial charge in [-0.05, 0) is 48.6 Å². The molecule has 0 aliphatic rings. The minimum atomic E-state index is -0.0233. The fourth-order valence-corrected chi connectivity index (χ4v) is 1.24. The Bertz CT molecular complexity index is 159. The topological polar surface area (TPSA) is 24.5 Å². The molecule has 0 saturated carbocycles. The van der Waals surface area contributed by atoms with Crippen molar-refractivity contribution in [2.75, 3.05) is 33.3 Å². The van der Waals surface area contributed by atoms with Crippen LogP contribution in [0.15, 0.2) is 0 Å². The summed E-state index contributed by atoms with van der Waals surface area (Å²) in [5, 5.41) is 3.48. The smallest absolute Gasteiger partial charge is 0.0600 e. The van der Waals surface area contributed by atoms with E-state index in [-0.39, 0.29) is 11.1 Å². The fourth-order valence-electron chi connectivity index (χ4n) is 1.24. The maximum absolute atomic E-state index is 5.69. The minimum absolute atomic E-state index is 0.0233. The first-order valence-electron chi connectivity index (χ1n) is 6.18. The van der Waals surface area contributed by atoms with Gasteiger partial charge in [-0.3, -0.25) is 0 Å². The van der Waals surface area contributed by atoms with E-state index in [1.165, 1.54) is 0 Å². The van der Waals surface area contributed by atoms with Crippen LogP contribution in [-0.4, -0.2) is 49.3 Å². The van der Waals surface area contributed by atoms with Crippen molar-refractivity contribution in [3.8, 4) is 0 Å². The maximum atomic E-state index is 5.69. The minimum Gasteiger partial charge on any atom is -0.375 e. The predicted octanol–water partition coefficient (Wildman–Crippen LogP) is 2.12. The lowest BCUT2D eigenvalue weighted by Gasteiger charge is -2.25. The highest BCUT2D eigenvalue weighted by Crippen LogP contribution is 2.05. The average molecular weight is 230 g/mol. The molecule has 1 N–H and O–H groups in total. The molecule has 0 radical (unpaired) electrons. The lowest BCUT2D eigenvalue weighted by molar-refractivity contribution is -0.0106. The van der Waals surface area contributed by atoms with E-state index >= 15 is 0 Å². The summed E-state index contributed by atoms with van der Waals surface area (Å²) in [6, 6.07) is 0. The van der Waals surface area contributed by atoms with Crippen LogP contribution in [-0.2, 0) is 4.74 Å². The van der Waals surface area contributed by atoms with Gasteiger partial charge in [0.15, 0.2) is 0 Å². The summed E-state index contributed by atoms with van der Waals surface area (Å²) in [4.78, 5) is 2.30. The van der Waals surface area contributed by atoms with Crippen molar-refractivity contribution in [3.63, 3.8) is 0 Å². The van der Waals surface area contributed by atoms with Gasteiger partial charge in [-0.1, -0.05) is 0 Å². The average Bonchev–Trinajstić information content (AvgIpc) is 1.98. The van der Waals surface area contributed by atoms with Crippen molar-refractivity contribution >= 4 is 0 Å². The van der Waals surface area contributed by atoms with Crippen molar-refractivity contribution in [1.29, 1.82) is 0 Å². The Hall–Kier alpha value is -0.120. The highest BCUT2D eigenvalue weighted by molar-refractivity contribution is 4.70. The number of hydrogen-bond acceptors (Lipinski definition) is 3. The molecule has 16 heavy (non-hydrogen) atoms. The molecule has 0 aliphatic heterocycles. The van der Waals surface area contributed by atoms with Crippen molar-refractivity contribution in [2.24, 2.45) is 0 Å². The van der Waals surface area contributed by atoms with Crippen LogP contribution in [0.3, 0.4) is 0 Å². The summed E-state index contributed by atoms with van der Waals surface area (Å²) >= 11 is 0. The molecule has 0 saturated heterocycles. The molecule has 0 heterocycles. The zero-order valence-electron chi connectivity index (χ0n) is 12.2. The van der Waals surface area contributed by atoms with Gasteiger partial charge in [-0.2, -0.15) is 0 Å². The third-order valence-electron chi connectivity index (χ3n) is 2.16. The molecule has 3 heteroatoms. The Morgan fingerprint density at radius 3 is 2.00 bits per heavy atom. The van der Waals surface area contributed by atoms with E-state index < -0.39 is 0 Å². The van der Waals surface area contributed by atoms with Gasteiger partial charge in [0, 0.05) is 25.2 Å². The number of ether oxygens (including phenoxy) is 1. The highest BCUT2D eigenvalue weighted by atomic mass is 16.5. The van der Waals surface area contributed by atoms with Gasteiger partial charge in [-0.15, -0.1) is 0 Å². The molecule has 0 unspecified atom stereocenters. The van der Waals surface area contributed by atoms with E-state index in [1.807, 2.05) is 0 Å². The van der Waals surface area contributed by atoms with Gasteiger partial charge < -0.3 is 15.0 Å². The molecule has 0 atom stereocenters. The van der Waals surface area contributed by atoms with Gasteiger partial charge in [-0.25, -0.2) is 0 Å². The summed E-state index contributed by atoms with van der Waals surface area (Å²) in [5.41, 5.74) is 0.188. The molecule has 98 valence electrons. The van der Waals surface area contributed by atoms with Gasteiger partial charge in [0.05, 0.1) is 12.2 Å². The number of nitrogens with one attached hydrogen (secondary N) is 1. The van der Waals surface area contributed by atoms with E-state index in [1.54, 1.807) is 0 Å². The SMILES string of the molecule is CN(CCNC(C)(C)C)CCOC(C)(C)C. The first-order valence-corrected chi connectivity index (χ1v) is 6.18. The Morgan fingerprint density at radius 1 is 1.00 bits per heavy atom. The van der Waals surface area contributed by atoms with Crippen LogP contribution in [0, 0.1) is 0 Å².